The highest BCUT2D eigenvalue weighted by Crippen LogP contribution is 2.46. The average Bonchev–Trinajstić information content (AvgIpc) is 3.47. The van der Waals surface area contributed by atoms with Crippen LogP contribution in [0.25, 0.3) is 0 Å². The second-order valence-electron chi connectivity index (χ2n) is 7.07. The van der Waals surface area contributed by atoms with Gasteiger partial charge in [0.25, 0.3) is 0 Å². The van der Waals surface area contributed by atoms with Gasteiger partial charge < -0.3 is 9.64 Å². The molecule has 2 aliphatic carbocycles. The summed E-state index contributed by atoms with van der Waals surface area (Å²) in [5, 5.41) is 0. The molecule has 3 nitrogen and oxygen atoms in total. The second kappa shape index (κ2) is 6.39. The number of alkyl halides is 3. The minimum absolute atomic E-state index is 0.146. The van der Waals surface area contributed by atoms with Crippen molar-refractivity contribution >= 4 is 0 Å². The predicted octanol–water partition coefficient (Wildman–Crippen LogP) is 4.61. The summed E-state index contributed by atoms with van der Waals surface area (Å²) < 4.78 is 47.8. The maximum Gasteiger partial charge on any atom is 0.413 e. The molecule has 0 saturated heterocycles. The topological polar surface area (TPSA) is 25.4 Å². The molecule has 0 amide bonds. The van der Waals surface area contributed by atoms with Gasteiger partial charge >= 0.3 is 6.18 Å². The zero-order valence-corrected chi connectivity index (χ0v) is 13.9. The third-order valence-corrected chi connectivity index (χ3v) is 4.90. The van der Waals surface area contributed by atoms with Gasteiger partial charge in [-0.25, -0.2) is 0 Å². The molecular formula is C19H21F3N2O. The van der Waals surface area contributed by atoms with Crippen LogP contribution in [0.4, 0.5) is 13.2 Å². The number of ether oxygens (including phenoxy) is 1. The highest BCUT2D eigenvalue weighted by atomic mass is 19.4. The zero-order chi connectivity index (χ0) is 17.4. The van der Waals surface area contributed by atoms with Gasteiger partial charge in [-0.2, -0.15) is 13.2 Å². The Hall–Kier alpha value is -1.98. The molecule has 2 fully saturated rings. The van der Waals surface area contributed by atoms with Crippen LogP contribution in [0.5, 0.6) is 0 Å². The van der Waals surface area contributed by atoms with E-state index in [1.807, 2.05) is 12.2 Å². The average molecular weight is 350 g/mol. The molecule has 0 spiro atoms. The van der Waals surface area contributed by atoms with Gasteiger partial charge in [0.05, 0.1) is 6.61 Å². The van der Waals surface area contributed by atoms with Crippen molar-refractivity contribution in [3.8, 4) is 0 Å². The van der Waals surface area contributed by atoms with Gasteiger partial charge in [0, 0.05) is 30.1 Å². The molecule has 0 radical (unpaired) electrons. The Morgan fingerprint density at radius 3 is 2.64 bits per heavy atom. The Kier molecular flexibility index (Phi) is 4.21. The molecule has 1 aromatic heterocycles. The molecule has 134 valence electrons. The van der Waals surface area contributed by atoms with Gasteiger partial charge in [-0.15, -0.1) is 0 Å². The van der Waals surface area contributed by atoms with Crippen LogP contribution in [0.15, 0.2) is 48.1 Å². The van der Waals surface area contributed by atoms with E-state index < -0.39 is 12.2 Å². The molecule has 1 atom stereocenters. The molecule has 0 unspecified atom stereocenters. The molecule has 2 saturated carbocycles. The number of rotatable bonds is 6. The lowest BCUT2D eigenvalue weighted by Gasteiger charge is -2.38. The Balaban J connectivity index is 1.70. The van der Waals surface area contributed by atoms with E-state index in [9.17, 15) is 13.2 Å². The van der Waals surface area contributed by atoms with E-state index in [2.05, 4.69) is 4.98 Å². The SMILES string of the molecule is FC(F)(F)[C@H](c1cccnc1)N1CC=CC(C2CC2)=C1OCC1CC1. The van der Waals surface area contributed by atoms with Crippen LogP contribution in [0.2, 0.25) is 0 Å². The van der Waals surface area contributed by atoms with E-state index in [1.165, 1.54) is 23.4 Å². The second-order valence-corrected chi connectivity index (χ2v) is 7.07. The van der Waals surface area contributed by atoms with Crippen molar-refractivity contribution in [2.75, 3.05) is 13.2 Å². The maximum absolute atomic E-state index is 13.9. The summed E-state index contributed by atoms with van der Waals surface area (Å²) in [6.07, 6.45) is 6.40. The molecule has 1 aromatic rings. The van der Waals surface area contributed by atoms with E-state index in [0.717, 1.165) is 31.3 Å². The highest BCUT2D eigenvalue weighted by molar-refractivity contribution is 5.33. The largest absolute Gasteiger partial charge is 0.479 e. The Morgan fingerprint density at radius 1 is 1.24 bits per heavy atom. The summed E-state index contributed by atoms with van der Waals surface area (Å²) in [4.78, 5) is 5.26. The fourth-order valence-electron chi connectivity index (χ4n) is 3.27. The number of pyridine rings is 1. The highest BCUT2D eigenvalue weighted by Gasteiger charge is 2.47. The van der Waals surface area contributed by atoms with E-state index in [-0.39, 0.29) is 12.1 Å². The summed E-state index contributed by atoms with van der Waals surface area (Å²) in [5.41, 5.74) is 1.07. The van der Waals surface area contributed by atoms with Crippen molar-refractivity contribution in [3.05, 3.63) is 53.7 Å². The lowest BCUT2D eigenvalue weighted by molar-refractivity contribution is -0.187. The predicted molar refractivity (Wildman–Crippen MR) is 87.3 cm³/mol. The Labute approximate surface area is 145 Å². The first-order valence-corrected chi connectivity index (χ1v) is 8.81. The van der Waals surface area contributed by atoms with Crippen LogP contribution in [-0.2, 0) is 4.74 Å². The maximum atomic E-state index is 13.9. The Morgan fingerprint density at radius 2 is 2.04 bits per heavy atom. The van der Waals surface area contributed by atoms with Gasteiger partial charge in [-0.1, -0.05) is 18.2 Å². The molecule has 0 N–H and O–H groups in total. The van der Waals surface area contributed by atoms with Crippen molar-refractivity contribution < 1.29 is 17.9 Å². The fourth-order valence-corrected chi connectivity index (χ4v) is 3.27. The number of halogens is 3. The monoisotopic (exact) mass is 350 g/mol. The number of allylic oxidation sites excluding steroid dienone is 2. The van der Waals surface area contributed by atoms with Crippen molar-refractivity contribution in [3.63, 3.8) is 0 Å². The number of hydrogen-bond acceptors (Lipinski definition) is 3. The standard InChI is InChI=1S/C19H21F3N2O/c20-19(21,22)17(15-3-1-9-23-11-15)24-10-2-4-16(14-7-8-14)18(24)25-12-13-5-6-13/h1-4,9,11,13-14,17H,5-8,10,12H2/t17-/m0/s1. The van der Waals surface area contributed by atoms with Gasteiger partial charge in [0.1, 0.15) is 0 Å². The van der Waals surface area contributed by atoms with E-state index in [1.54, 1.807) is 6.07 Å². The van der Waals surface area contributed by atoms with E-state index >= 15 is 0 Å². The molecule has 2 heterocycles. The van der Waals surface area contributed by atoms with Crippen LogP contribution < -0.4 is 0 Å². The van der Waals surface area contributed by atoms with Gasteiger partial charge in [-0.05, 0) is 43.6 Å². The van der Waals surface area contributed by atoms with Gasteiger partial charge in [0.2, 0.25) is 0 Å². The minimum Gasteiger partial charge on any atom is -0.479 e. The van der Waals surface area contributed by atoms with Crippen LogP contribution >= 0.6 is 0 Å². The third kappa shape index (κ3) is 3.67. The molecule has 0 bridgehead atoms. The lowest BCUT2D eigenvalue weighted by Crippen LogP contribution is -2.40. The summed E-state index contributed by atoms with van der Waals surface area (Å²) in [6, 6.07) is 1.29. The van der Waals surface area contributed by atoms with Crippen LogP contribution in [-0.4, -0.2) is 29.2 Å². The van der Waals surface area contributed by atoms with E-state index in [4.69, 9.17) is 4.74 Å². The van der Waals surface area contributed by atoms with Gasteiger partial charge in [0.15, 0.2) is 11.9 Å². The summed E-state index contributed by atoms with van der Waals surface area (Å²) in [5.74, 6) is 1.24. The smallest absolute Gasteiger partial charge is 0.413 e. The van der Waals surface area contributed by atoms with Crippen LogP contribution in [0, 0.1) is 11.8 Å². The van der Waals surface area contributed by atoms with Crippen LogP contribution in [0.3, 0.4) is 0 Å². The molecule has 1 aliphatic heterocycles. The van der Waals surface area contributed by atoms with Gasteiger partial charge in [-0.3, -0.25) is 4.98 Å². The van der Waals surface area contributed by atoms with Crippen molar-refractivity contribution in [2.24, 2.45) is 11.8 Å². The number of hydrogen-bond donors (Lipinski definition) is 0. The first-order chi connectivity index (χ1) is 12.0. The normalized spacial score (nSPS) is 22.3. The summed E-state index contributed by atoms with van der Waals surface area (Å²) in [6.45, 7) is 0.697. The van der Waals surface area contributed by atoms with E-state index in [0.29, 0.717) is 24.3 Å². The molecule has 4 rings (SSSR count). The molecule has 6 heteroatoms. The first kappa shape index (κ1) is 16.5. The van der Waals surface area contributed by atoms with Crippen molar-refractivity contribution in [1.29, 1.82) is 0 Å². The number of nitrogens with zero attached hydrogens (tertiary/aromatic N) is 2. The third-order valence-electron chi connectivity index (χ3n) is 4.90. The molecular weight excluding hydrogens is 329 g/mol. The first-order valence-electron chi connectivity index (χ1n) is 8.81. The lowest BCUT2D eigenvalue weighted by atomic mass is 10.0. The molecule has 3 aliphatic rings. The molecule has 0 aromatic carbocycles. The Bertz CT molecular complexity index is 676. The molecule has 25 heavy (non-hydrogen) atoms. The zero-order valence-electron chi connectivity index (χ0n) is 13.9. The quantitative estimate of drug-likeness (QED) is 0.749. The number of aromatic nitrogens is 1. The minimum atomic E-state index is -4.41. The van der Waals surface area contributed by atoms with Crippen molar-refractivity contribution in [1.82, 2.24) is 9.88 Å². The summed E-state index contributed by atoms with van der Waals surface area (Å²) in [7, 11) is 0. The summed E-state index contributed by atoms with van der Waals surface area (Å²) >= 11 is 0. The fraction of sp³-hybridized carbons (Fsp3) is 0.526. The van der Waals surface area contributed by atoms with Crippen molar-refractivity contribution in [2.45, 2.75) is 37.9 Å². The van der Waals surface area contributed by atoms with Crippen LogP contribution in [0.1, 0.15) is 37.3 Å².